The van der Waals surface area contributed by atoms with Crippen LogP contribution in [0.5, 0.6) is 0 Å². The van der Waals surface area contributed by atoms with Crippen LogP contribution in [0.4, 0.5) is 14.6 Å². The van der Waals surface area contributed by atoms with Crippen molar-refractivity contribution in [2.75, 3.05) is 18.9 Å². The molecule has 7 heteroatoms. The molecule has 4 nitrogen and oxygen atoms in total. The first-order valence-electron chi connectivity index (χ1n) is 5.59. The molecule has 0 aliphatic carbocycles. The Labute approximate surface area is 113 Å². The van der Waals surface area contributed by atoms with E-state index in [1.807, 2.05) is 13.8 Å². The first-order chi connectivity index (χ1) is 8.41. The normalized spacial score (nSPS) is 11.5. The Kier molecular flexibility index (Phi) is 5.87. The minimum atomic E-state index is -2.45. The van der Waals surface area contributed by atoms with Crippen LogP contribution in [0.15, 0.2) is 4.47 Å². The lowest BCUT2D eigenvalue weighted by molar-refractivity contribution is 0.0183. The van der Waals surface area contributed by atoms with E-state index >= 15 is 0 Å². The van der Waals surface area contributed by atoms with Crippen molar-refractivity contribution in [2.24, 2.45) is 0 Å². The minimum Gasteiger partial charge on any atom is -0.383 e. The van der Waals surface area contributed by atoms with Gasteiger partial charge in [-0.15, -0.1) is 0 Å². The predicted molar refractivity (Wildman–Crippen MR) is 68.8 cm³/mol. The Morgan fingerprint density at radius 2 is 2.00 bits per heavy atom. The molecule has 18 heavy (non-hydrogen) atoms. The summed E-state index contributed by atoms with van der Waals surface area (Å²) in [6.07, 6.45) is -2.09. The van der Waals surface area contributed by atoms with Crippen LogP contribution in [0.3, 0.4) is 0 Å². The smallest absolute Gasteiger partial charge is 0.261 e. The molecule has 1 aromatic heterocycles. The number of rotatable bonds is 6. The van der Waals surface area contributed by atoms with Crippen molar-refractivity contribution in [1.29, 1.82) is 0 Å². The standard InChI is InChI=1S/C11H16BrF2N3O/c1-6(2)10-9(12)11(15)17-8(16-10)3-4-18-5-7(13)14/h6-7H,3-5H2,1-2H3,(H2,15,16,17). The number of hydrogen-bond acceptors (Lipinski definition) is 4. The van der Waals surface area contributed by atoms with Gasteiger partial charge in [0.15, 0.2) is 0 Å². The highest BCUT2D eigenvalue weighted by Crippen LogP contribution is 2.26. The molecule has 1 aromatic rings. The molecule has 0 unspecified atom stereocenters. The second kappa shape index (κ2) is 6.94. The minimum absolute atomic E-state index is 0.156. The number of alkyl halides is 2. The van der Waals surface area contributed by atoms with Crippen molar-refractivity contribution < 1.29 is 13.5 Å². The van der Waals surface area contributed by atoms with Gasteiger partial charge in [-0.25, -0.2) is 18.7 Å². The number of halogens is 3. The average molecular weight is 324 g/mol. The predicted octanol–water partition coefficient (Wildman–Crippen LogP) is 2.77. The summed E-state index contributed by atoms with van der Waals surface area (Å²) in [7, 11) is 0. The first kappa shape index (κ1) is 15.2. The molecule has 1 rings (SSSR count). The van der Waals surface area contributed by atoms with Crippen molar-refractivity contribution >= 4 is 21.7 Å². The van der Waals surface area contributed by atoms with Gasteiger partial charge in [-0.1, -0.05) is 13.8 Å². The largest absolute Gasteiger partial charge is 0.383 e. The molecule has 1 heterocycles. The Bertz CT molecular complexity index is 402. The maximum atomic E-state index is 11.9. The summed E-state index contributed by atoms with van der Waals surface area (Å²) < 4.78 is 29.2. The molecular formula is C11H16BrF2N3O. The van der Waals surface area contributed by atoms with E-state index in [1.54, 1.807) is 0 Å². The lowest BCUT2D eigenvalue weighted by atomic mass is 10.1. The highest BCUT2D eigenvalue weighted by Gasteiger charge is 2.13. The van der Waals surface area contributed by atoms with Crippen molar-refractivity contribution in [2.45, 2.75) is 32.6 Å². The van der Waals surface area contributed by atoms with E-state index in [2.05, 4.69) is 25.9 Å². The Morgan fingerprint density at radius 3 is 2.56 bits per heavy atom. The molecular weight excluding hydrogens is 308 g/mol. The molecule has 0 atom stereocenters. The highest BCUT2D eigenvalue weighted by atomic mass is 79.9. The number of nitrogens with two attached hydrogens (primary N) is 1. The molecule has 0 fully saturated rings. The van der Waals surface area contributed by atoms with Crippen molar-refractivity contribution in [1.82, 2.24) is 9.97 Å². The molecule has 0 saturated heterocycles. The second-order valence-corrected chi connectivity index (χ2v) is 4.89. The molecule has 0 aliphatic rings. The van der Waals surface area contributed by atoms with Gasteiger partial charge in [0.1, 0.15) is 18.2 Å². The summed E-state index contributed by atoms with van der Waals surface area (Å²) in [5.41, 5.74) is 6.56. The van der Waals surface area contributed by atoms with E-state index in [9.17, 15) is 8.78 Å². The third-order valence-electron chi connectivity index (χ3n) is 2.21. The van der Waals surface area contributed by atoms with Gasteiger partial charge in [-0.05, 0) is 21.8 Å². The SMILES string of the molecule is CC(C)c1nc(CCOCC(F)F)nc(N)c1Br. The Balaban J connectivity index is 2.66. The van der Waals surface area contributed by atoms with Crippen LogP contribution in [0, 0.1) is 0 Å². The Hall–Kier alpha value is -0.820. The molecule has 102 valence electrons. The van der Waals surface area contributed by atoms with Crippen LogP contribution in [0.2, 0.25) is 0 Å². The van der Waals surface area contributed by atoms with E-state index in [0.29, 0.717) is 22.5 Å². The van der Waals surface area contributed by atoms with Gasteiger partial charge in [0.05, 0.1) is 16.8 Å². The number of anilines is 1. The molecule has 0 spiro atoms. The molecule has 0 aromatic carbocycles. The fourth-order valence-corrected chi connectivity index (χ4v) is 2.00. The fourth-order valence-electron chi connectivity index (χ4n) is 1.36. The summed E-state index contributed by atoms with van der Waals surface area (Å²) in [6, 6.07) is 0. The number of nitrogens with zero attached hydrogens (tertiary/aromatic N) is 2. The average Bonchev–Trinajstić information content (AvgIpc) is 2.28. The van der Waals surface area contributed by atoms with Gasteiger partial charge in [-0.3, -0.25) is 0 Å². The third-order valence-corrected chi connectivity index (χ3v) is 3.02. The van der Waals surface area contributed by atoms with Gasteiger partial charge in [-0.2, -0.15) is 0 Å². The topological polar surface area (TPSA) is 61.0 Å². The van der Waals surface area contributed by atoms with Crippen LogP contribution in [0.25, 0.3) is 0 Å². The van der Waals surface area contributed by atoms with Crippen molar-refractivity contribution in [3.8, 4) is 0 Å². The summed E-state index contributed by atoms with van der Waals surface area (Å²) in [6.45, 7) is 3.57. The quantitative estimate of drug-likeness (QED) is 0.818. The van der Waals surface area contributed by atoms with E-state index < -0.39 is 13.0 Å². The third kappa shape index (κ3) is 4.45. The van der Waals surface area contributed by atoms with Gasteiger partial charge in [0, 0.05) is 6.42 Å². The summed E-state index contributed by atoms with van der Waals surface area (Å²) >= 11 is 3.34. The van der Waals surface area contributed by atoms with Crippen molar-refractivity contribution in [3.05, 3.63) is 16.0 Å². The zero-order valence-electron chi connectivity index (χ0n) is 10.3. The van der Waals surface area contributed by atoms with Crippen LogP contribution in [-0.2, 0) is 11.2 Å². The molecule has 0 saturated carbocycles. The summed E-state index contributed by atoms with van der Waals surface area (Å²) in [4.78, 5) is 8.43. The van der Waals surface area contributed by atoms with Crippen molar-refractivity contribution in [3.63, 3.8) is 0 Å². The highest BCUT2D eigenvalue weighted by molar-refractivity contribution is 9.10. The number of hydrogen-bond donors (Lipinski definition) is 1. The van der Waals surface area contributed by atoms with Gasteiger partial charge < -0.3 is 10.5 Å². The van der Waals surface area contributed by atoms with Crippen LogP contribution in [-0.4, -0.2) is 29.6 Å². The summed E-state index contributed by atoms with van der Waals surface area (Å²) in [5.74, 6) is 1.07. The van der Waals surface area contributed by atoms with Gasteiger partial charge in [0.25, 0.3) is 6.43 Å². The molecule has 0 amide bonds. The number of aromatic nitrogens is 2. The molecule has 0 bridgehead atoms. The number of nitrogen functional groups attached to an aromatic ring is 1. The first-order valence-corrected chi connectivity index (χ1v) is 6.38. The van der Waals surface area contributed by atoms with Crippen LogP contribution >= 0.6 is 15.9 Å². The fraction of sp³-hybridized carbons (Fsp3) is 0.636. The summed E-state index contributed by atoms with van der Waals surface area (Å²) in [5, 5.41) is 0. The lowest BCUT2D eigenvalue weighted by Gasteiger charge is -2.11. The maximum Gasteiger partial charge on any atom is 0.261 e. The zero-order chi connectivity index (χ0) is 13.7. The molecule has 0 radical (unpaired) electrons. The molecule has 2 N–H and O–H groups in total. The van der Waals surface area contributed by atoms with E-state index in [0.717, 1.165) is 5.69 Å². The number of ether oxygens (including phenoxy) is 1. The lowest BCUT2D eigenvalue weighted by Crippen LogP contribution is -2.11. The van der Waals surface area contributed by atoms with Gasteiger partial charge in [0.2, 0.25) is 0 Å². The molecule has 0 aliphatic heterocycles. The second-order valence-electron chi connectivity index (χ2n) is 4.09. The van der Waals surface area contributed by atoms with Crippen LogP contribution < -0.4 is 5.73 Å². The van der Waals surface area contributed by atoms with Gasteiger partial charge >= 0.3 is 0 Å². The monoisotopic (exact) mass is 323 g/mol. The maximum absolute atomic E-state index is 11.9. The van der Waals surface area contributed by atoms with Crippen LogP contribution in [0.1, 0.15) is 31.3 Å². The van der Waals surface area contributed by atoms with E-state index in [1.165, 1.54) is 0 Å². The van der Waals surface area contributed by atoms with E-state index in [4.69, 9.17) is 10.5 Å². The van der Waals surface area contributed by atoms with E-state index in [-0.39, 0.29) is 12.5 Å². The zero-order valence-corrected chi connectivity index (χ0v) is 11.9. The Morgan fingerprint density at radius 1 is 1.33 bits per heavy atom.